The zero-order valence-electron chi connectivity index (χ0n) is 11.2. The average molecular weight is 276 g/mol. The predicted molar refractivity (Wildman–Crippen MR) is 79.3 cm³/mol. The molecule has 0 spiro atoms. The molecule has 0 aliphatic rings. The van der Waals surface area contributed by atoms with E-state index >= 15 is 0 Å². The largest absolute Gasteiger partial charge is 0.294 e. The molecule has 0 unspecified atom stereocenters. The van der Waals surface area contributed by atoms with Gasteiger partial charge in [-0.2, -0.15) is 0 Å². The summed E-state index contributed by atoms with van der Waals surface area (Å²) in [6, 6.07) is 14.8. The second kappa shape index (κ2) is 5.63. The van der Waals surface area contributed by atoms with E-state index in [9.17, 15) is 9.59 Å². The van der Waals surface area contributed by atoms with Crippen molar-refractivity contribution in [3.05, 3.63) is 72.3 Å². The fourth-order valence-corrected chi connectivity index (χ4v) is 2.13. The summed E-state index contributed by atoms with van der Waals surface area (Å²) in [7, 11) is 0. The van der Waals surface area contributed by atoms with Gasteiger partial charge in [0.1, 0.15) is 0 Å². The number of hydrogen-bond donors (Lipinski definition) is 0. The molecule has 3 rings (SSSR count). The number of carbonyl (C=O) groups excluding carboxylic acids is 2. The van der Waals surface area contributed by atoms with Crippen molar-refractivity contribution in [3.8, 4) is 0 Å². The lowest BCUT2D eigenvalue weighted by Gasteiger charge is -2.03. The third-order valence-electron chi connectivity index (χ3n) is 3.21. The molecule has 0 radical (unpaired) electrons. The SMILES string of the molecule is O=C(CC(=O)c1ncccn1)c1ccc2ccccc2c1. The van der Waals surface area contributed by atoms with Crippen molar-refractivity contribution >= 4 is 22.3 Å². The van der Waals surface area contributed by atoms with Gasteiger partial charge >= 0.3 is 0 Å². The van der Waals surface area contributed by atoms with Gasteiger partial charge < -0.3 is 0 Å². The maximum atomic E-state index is 12.2. The van der Waals surface area contributed by atoms with Crippen LogP contribution < -0.4 is 0 Å². The number of benzene rings is 2. The number of aromatic nitrogens is 2. The quantitative estimate of drug-likeness (QED) is 0.542. The first-order valence-corrected chi connectivity index (χ1v) is 6.56. The molecule has 0 fully saturated rings. The van der Waals surface area contributed by atoms with Gasteiger partial charge in [0.15, 0.2) is 11.6 Å². The lowest BCUT2D eigenvalue weighted by atomic mass is 10.0. The minimum absolute atomic E-state index is 0.0756. The number of fused-ring (bicyclic) bond motifs is 1. The maximum absolute atomic E-state index is 12.2. The van der Waals surface area contributed by atoms with Crippen LogP contribution in [-0.4, -0.2) is 21.5 Å². The van der Waals surface area contributed by atoms with Crippen LogP contribution in [0.2, 0.25) is 0 Å². The van der Waals surface area contributed by atoms with Gasteiger partial charge in [0, 0.05) is 18.0 Å². The molecule has 1 heterocycles. The highest BCUT2D eigenvalue weighted by Crippen LogP contribution is 2.17. The number of nitrogens with zero attached hydrogens (tertiary/aromatic N) is 2. The Balaban J connectivity index is 1.82. The van der Waals surface area contributed by atoms with E-state index in [2.05, 4.69) is 9.97 Å². The molecule has 0 N–H and O–H groups in total. The molecular weight excluding hydrogens is 264 g/mol. The van der Waals surface area contributed by atoms with Gasteiger partial charge in [0.25, 0.3) is 0 Å². The minimum Gasteiger partial charge on any atom is -0.294 e. The van der Waals surface area contributed by atoms with E-state index in [1.165, 1.54) is 12.4 Å². The lowest BCUT2D eigenvalue weighted by Crippen LogP contribution is -2.11. The number of ketones is 2. The smallest absolute Gasteiger partial charge is 0.207 e. The Bertz CT molecular complexity index is 813. The topological polar surface area (TPSA) is 59.9 Å². The molecule has 2 aromatic carbocycles. The van der Waals surface area contributed by atoms with Crippen LogP contribution in [0.15, 0.2) is 60.9 Å². The Kier molecular flexibility index (Phi) is 3.51. The van der Waals surface area contributed by atoms with Crippen molar-refractivity contribution in [1.29, 1.82) is 0 Å². The molecule has 0 aliphatic carbocycles. The molecule has 0 saturated carbocycles. The Labute approximate surface area is 121 Å². The monoisotopic (exact) mass is 276 g/mol. The van der Waals surface area contributed by atoms with Gasteiger partial charge in [-0.3, -0.25) is 9.59 Å². The second-order valence-electron chi connectivity index (χ2n) is 4.66. The Morgan fingerprint density at radius 1 is 0.810 bits per heavy atom. The van der Waals surface area contributed by atoms with Crippen LogP contribution in [0.5, 0.6) is 0 Å². The second-order valence-corrected chi connectivity index (χ2v) is 4.66. The highest BCUT2D eigenvalue weighted by molar-refractivity contribution is 6.13. The first-order valence-electron chi connectivity index (χ1n) is 6.56. The summed E-state index contributed by atoms with van der Waals surface area (Å²) in [6.45, 7) is 0. The van der Waals surface area contributed by atoms with Crippen LogP contribution in [0.1, 0.15) is 27.4 Å². The van der Waals surface area contributed by atoms with Crippen molar-refractivity contribution in [2.75, 3.05) is 0 Å². The fraction of sp³-hybridized carbons (Fsp3) is 0.0588. The van der Waals surface area contributed by atoms with Gasteiger partial charge in [-0.15, -0.1) is 0 Å². The van der Waals surface area contributed by atoms with Gasteiger partial charge in [0.2, 0.25) is 5.78 Å². The highest BCUT2D eigenvalue weighted by Gasteiger charge is 2.15. The van der Waals surface area contributed by atoms with Crippen LogP contribution in [-0.2, 0) is 0 Å². The van der Waals surface area contributed by atoms with Gasteiger partial charge in [-0.05, 0) is 22.9 Å². The Morgan fingerprint density at radius 3 is 2.29 bits per heavy atom. The van der Waals surface area contributed by atoms with Crippen LogP contribution in [0, 0.1) is 0 Å². The molecular formula is C17H12N2O2. The Hall–Kier alpha value is -2.88. The third-order valence-corrected chi connectivity index (χ3v) is 3.21. The van der Waals surface area contributed by atoms with Gasteiger partial charge in [0.05, 0.1) is 6.42 Å². The summed E-state index contributed by atoms with van der Waals surface area (Å²) >= 11 is 0. The first kappa shape index (κ1) is 13.1. The summed E-state index contributed by atoms with van der Waals surface area (Å²) in [5.74, 6) is -0.515. The van der Waals surface area contributed by atoms with Gasteiger partial charge in [-0.1, -0.05) is 36.4 Å². The summed E-state index contributed by atoms with van der Waals surface area (Å²) in [6.07, 6.45) is 2.75. The standard InChI is InChI=1S/C17H12N2O2/c20-15(11-16(21)17-18-8-3-9-19-17)14-7-6-12-4-1-2-5-13(12)10-14/h1-10H,11H2. The third kappa shape index (κ3) is 2.84. The van der Waals surface area contributed by atoms with Crippen LogP contribution in [0.3, 0.4) is 0 Å². The van der Waals surface area contributed by atoms with E-state index in [1.54, 1.807) is 18.2 Å². The molecule has 0 amide bonds. The molecule has 0 atom stereocenters. The molecule has 21 heavy (non-hydrogen) atoms. The first-order chi connectivity index (χ1) is 10.2. The average Bonchev–Trinajstić information content (AvgIpc) is 2.55. The van der Waals surface area contributed by atoms with Crippen molar-refractivity contribution in [1.82, 2.24) is 9.97 Å². The van der Waals surface area contributed by atoms with E-state index in [0.717, 1.165) is 10.8 Å². The summed E-state index contributed by atoms with van der Waals surface area (Å²) in [5.41, 5.74) is 0.526. The van der Waals surface area contributed by atoms with E-state index in [4.69, 9.17) is 0 Å². The molecule has 4 nitrogen and oxygen atoms in total. The summed E-state index contributed by atoms with van der Waals surface area (Å²) in [4.78, 5) is 31.9. The van der Waals surface area contributed by atoms with Crippen molar-refractivity contribution in [2.45, 2.75) is 6.42 Å². The Morgan fingerprint density at radius 2 is 1.52 bits per heavy atom. The fourth-order valence-electron chi connectivity index (χ4n) is 2.13. The van der Waals surface area contributed by atoms with Crippen molar-refractivity contribution < 1.29 is 9.59 Å². The number of hydrogen-bond acceptors (Lipinski definition) is 4. The molecule has 102 valence electrons. The van der Waals surface area contributed by atoms with Crippen molar-refractivity contribution in [2.24, 2.45) is 0 Å². The maximum Gasteiger partial charge on any atom is 0.207 e. The summed E-state index contributed by atoms with van der Waals surface area (Å²) < 4.78 is 0. The highest BCUT2D eigenvalue weighted by atomic mass is 16.1. The summed E-state index contributed by atoms with van der Waals surface area (Å²) in [5, 5.41) is 2.04. The normalized spacial score (nSPS) is 10.5. The molecule has 0 saturated heterocycles. The zero-order chi connectivity index (χ0) is 14.7. The van der Waals surface area contributed by atoms with Crippen LogP contribution in [0.25, 0.3) is 10.8 Å². The molecule has 0 bridgehead atoms. The molecule has 3 aromatic rings. The number of carbonyl (C=O) groups is 2. The predicted octanol–water partition coefficient (Wildman–Crippen LogP) is 3.09. The van der Waals surface area contributed by atoms with E-state index in [1.807, 2.05) is 30.3 Å². The van der Waals surface area contributed by atoms with Crippen LogP contribution in [0.4, 0.5) is 0 Å². The van der Waals surface area contributed by atoms with E-state index in [-0.39, 0.29) is 23.8 Å². The number of Topliss-reactive ketones (excluding diaryl/α,β-unsaturated/α-hetero) is 2. The zero-order valence-corrected chi connectivity index (χ0v) is 11.2. The van der Waals surface area contributed by atoms with Gasteiger partial charge in [-0.25, -0.2) is 9.97 Å². The molecule has 1 aromatic heterocycles. The molecule has 4 heteroatoms. The van der Waals surface area contributed by atoms with E-state index < -0.39 is 0 Å². The van der Waals surface area contributed by atoms with Crippen molar-refractivity contribution in [3.63, 3.8) is 0 Å². The minimum atomic E-state index is -0.367. The lowest BCUT2D eigenvalue weighted by molar-refractivity contribution is 0.0888. The number of rotatable bonds is 4. The van der Waals surface area contributed by atoms with E-state index in [0.29, 0.717) is 5.56 Å². The van der Waals surface area contributed by atoms with Crippen LogP contribution >= 0.6 is 0 Å². The molecule has 0 aliphatic heterocycles.